The lowest BCUT2D eigenvalue weighted by Crippen LogP contribution is -2.12. The van der Waals surface area contributed by atoms with E-state index in [4.69, 9.17) is 21.1 Å². The topological polar surface area (TPSA) is 92.3 Å². The number of aromatic nitrogens is 3. The highest BCUT2D eigenvalue weighted by Gasteiger charge is 2.26. The first-order chi connectivity index (χ1) is 17.7. The molecule has 0 aliphatic rings. The monoisotopic (exact) mass is 542 g/mol. The van der Waals surface area contributed by atoms with Gasteiger partial charge in [0.05, 0.1) is 12.1 Å². The standard InChI is InChI=1S/C26H24ClFN4O4S/c1-16-4-10-21(11-5-16)32-17(2)29-30-26(32)37-24(14-31(33)34)19-12-22(27)25(23(13-19)35-3)36-15-18-6-8-20(28)9-7-18/h4-13,24H,14-15H2,1-3H3/t24-/m0/s1. The molecule has 1 atom stereocenters. The van der Waals surface area contributed by atoms with E-state index < -0.39 is 5.25 Å². The molecular formula is C26H24ClFN4O4S. The van der Waals surface area contributed by atoms with E-state index in [0.29, 0.717) is 28.0 Å². The molecule has 1 heterocycles. The third kappa shape index (κ3) is 6.39. The fraction of sp³-hybridized carbons (Fsp3) is 0.231. The molecule has 0 unspecified atom stereocenters. The van der Waals surface area contributed by atoms with Gasteiger partial charge in [-0.2, -0.15) is 0 Å². The summed E-state index contributed by atoms with van der Waals surface area (Å²) in [5.41, 5.74) is 3.29. The van der Waals surface area contributed by atoms with Crippen LogP contribution in [0.1, 0.15) is 27.8 Å². The minimum atomic E-state index is -0.639. The molecule has 0 aliphatic heterocycles. The van der Waals surface area contributed by atoms with Gasteiger partial charge in [-0.25, -0.2) is 4.39 Å². The Kier molecular flexibility index (Phi) is 8.30. The van der Waals surface area contributed by atoms with Crippen molar-refractivity contribution in [2.75, 3.05) is 13.7 Å². The molecule has 4 aromatic rings. The van der Waals surface area contributed by atoms with Crippen LogP contribution in [0.4, 0.5) is 4.39 Å². The van der Waals surface area contributed by atoms with E-state index in [1.165, 1.54) is 31.0 Å². The molecule has 37 heavy (non-hydrogen) atoms. The number of nitro groups is 1. The zero-order chi connectivity index (χ0) is 26.5. The number of nitrogens with zero attached hydrogens (tertiary/aromatic N) is 4. The molecule has 8 nitrogen and oxygen atoms in total. The first-order valence-corrected chi connectivity index (χ1v) is 12.5. The van der Waals surface area contributed by atoms with Crippen molar-refractivity contribution < 1.29 is 18.8 Å². The Morgan fingerprint density at radius 3 is 2.46 bits per heavy atom. The second kappa shape index (κ2) is 11.6. The Bertz CT molecular complexity index is 1400. The molecule has 0 bridgehead atoms. The van der Waals surface area contributed by atoms with Gasteiger partial charge in [-0.15, -0.1) is 10.2 Å². The molecule has 0 N–H and O–H groups in total. The van der Waals surface area contributed by atoms with Gasteiger partial charge in [0.2, 0.25) is 6.54 Å². The zero-order valence-corrected chi connectivity index (χ0v) is 21.9. The lowest BCUT2D eigenvalue weighted by molar-refractivity contribution is -0.479. The molecule has 4 rings (SSSR count). The van der Waals surface area contributed by atoms with Crippen molar-refractivity contribution in [3.8, 4) is 17.2 Å². The van der Waals surface area contributed by atoms with Crippen LogP contribution in [0.25, 0.3) is 5.69 Å². The third-order valence-corrected chi connectivity index (χ3v) is 7.03. The fourth-order valence-electron chi connectivity index (χ4n) is 3.69. The van der Waals surface area contributed by atoms with Crippen molar-refractivity contribution in [2.45, 2.75) is 30.9 Å². The van der Waals surface area contributed by atoms with Crippen molar-refractivity contribution in [1.29, 1.82) is 0 Å². The smallest absolute Gasteiger partial charge is 0.220 e. The summed E-state index contributed by atoms with van der Waals surface area (Å²) in [5, 5.41) is 20.2. The molecule has 0 amide bonds. The Hall–Kier alpha value is -3.63. The van der Waals surface area contributed by atoms with Crippen LogP contribution in [0.3, 0.4) is 0 Å². The highest BCUT2D eigenvalue weighted by Crippen LogP contribution is 2.43. The van der Waals surface area contributed by atoms with E-state index in [2.05, 4.69) is 10.2 Å². The van der Waals surface area contributed by atoms with Crippen LogP contribution in [0.5, 0.6) is 11.5 Å². The predicted molar refractivity (Wildman–Crippen MR) is 140 cm³/mol. The van der Waals surface area contributed by atoms with Gasteiger partial charge in [-0.1, -0.05) is 53.2 Å². The van der Waals surface area contributed by atoms with Crippen molar-refractivity contribution in [2.24, 2.45) is 0 Å². The molecule has 0 saturated heterocycles. The number of benzene rings is 3. The van der Waals surface area contributed by atoms with Gasteiger partial charge >= 0.3 is 0 Å². The van der Waals surface area contributed by atoms with E-state index in [1.807, 2.05) is 42.7 Å². The lowest BCUT2D eigenvalue weighted by Gasteiger charge is -2.18. The predicted octanol–water partition coefficient (Wildman–Crippen LogP) is 6.37. The summed E-state index contributed by atoms with van der Waals surface area (Å²) in [6, 6.07) is 17.1. The van der Waals surface area contributed by atoms with Gasteiger partial charge < -0.3 is 9.47 Å². The maximum atomic E-state index is 13.2. The van der Waals surface area contributed by atoms with Crippen molar-refractivity contribution >= 4 is 23.4 Å². The summed E-state index contributed by atoms with van der Waals surface area (Å²) in [6.07, 6.45) is 0. The van der Waals surface area contributed by atoms with Crippen LogP contribution in [0, 0.1) is 29.8 Å². The van der Waals surface area contributed by atoms with Crippen LogP contribution < -0.4 is 9.47 Å². The zero-order valence-electron chi connectivity index (χ0n) is 20.4. The molecular weight excluding hydrogens is 519 g/mol. The summed E-state index contributed by atoms with van der Waals surface area (Å²) in [7, 11) is 1.47. The highest BCUT2D eigenvalue weighted by molar-refractivity contribution is 7.99. The van der Waals surface area contributed by atoms with E-state index in [9.17, 15) is 14.5 Å². The third-order valence-electron chi connectivity index (χ3n) is 5.57. The van der Waals surface area contributed by atoms with Crippen LogP contribution in [-0.4, -0.2) is 33.3 Å². The minimum absolute atomic E-state index is 0.141. The summed E-state index contributed by atoms with van der Waals surface area (Å²) < 4.78 is 26.4. The molecule has 0 aliphatic carbocycles. The number of halogens is 2. The van der Waals surface area contributed by atoms with Gasteiger partial charge in [0, 0.05) is 10.6 Å². The van der Waals surface area contributed by atoms with Crippen LogP contribution in [-0.2, 0) is 6.61 Å². The number of methoxy groups -OCH3 is 1. The van der Waals surface area contributed by atoms with Crippen molar-refractivity contribution in [3.05, 3.63) is 104 Å². The molecule has 0 fully saturated rings. The van der Waals surface area contributed by atoms with Crippen molar-refractivity contribution in [3.63, 3.8) is 0 Å². The Labute approximate surface area is 222 Å². The molecule has 3 aromatic carbocycles. The maximum Gasteiger partial charge on any atom is 0.220 e. The van der Waals surface area contributed by atoms with Gasteiger partial charge in [-0.3, -0.25) is 14.7 Å². The van der Waals surface area contributed by atoms with Gasteiger partial charge in [0.15, 0.2) is 16.7 Å². The summed E-state index contributed by atoms with van der Waals surface area (Å²) >= 11 is 7.78. The van der Waals surface area contributed by atoms with Crippen LogP contribution in [0.15, 0.2) is 65.8 Å². The second-order valence-electron chi connectivity index (χ2n) is 8.27. The second-order valence-corrected chi connectivity index (χ2v) is 9.85. The van der Waals surface area contributed by atoms with Gasteiger partial charge in [-0.05, 0) is 61.4 Å². The van der Waals surface area contributed by atoms with E-state index >= 15 is 0 Å². The highest BCUT2D eigenvalue weighted by atomic mass is 35.5. The molecule has 0 radical (unpaired) electrons. The Balaban J connectivity index is 1.64. The van der Waals surface area contributed by atoms with Crippen LogP contribution in [0.2, 0.25) is 5.02 Å². The first-order valence-electron chi connectivity index (χ1n) is 11.3. The number of aryl methyl sites for hydroxylation is 2. The summed E-state index contributed by atoms with van der Waals surface area (Å²) in [6.45, 7) is 3.59. The Morgan fingerprint density at radius 1 is 1.11 bits per heavy atom. The molecule has 0 spiro atoms. The van der Waals surface area contributed by atoms with Gasteiger partial charge in [0.25, 0.3) is 0 Å². The number of rotatable bonds is 10. The lowest BCUT2D eigenvalue weighted by atomic mass is 10.1. The molecule has 0 saturated carbocycles. The van der Waals surface area contributed by atoms with Crippen molar-refractivity contribution in [1.82, 2.24) is 14.8 Å². The Morgan fingerprint density at radius 2 is 1.81 bits per heavy atom. The average Bonchev–Trinajstić information content (AvgIpc) is 3.23. The number of thioether (sulfide) groups is 1. The minimum Gasteiger partial charge on any atom is -0.493 e. The number of hydrogen-bond donors (Lipinski definition) is 0. The molecule has 1 aromatic heterocycles. The van der Waals surface area contributed by atoms with E-state index in [1.54, 1.807) is 24.3 Å². The number of hydrogen-bond acceptors (Lipinski definition) is 7. The summed E-state index contributed by atoms with van der Waals surface area (Å²) in [4.78, 5) is 11.2. The maximum absolute atomic E-state index is 13.2. The average molecular weight is 543 g/mol. The van der Waals surface area contributed by atoms with Gasteiger partial charge in [0.1, 0.15) is 23.5 Å². The van der Waals surface area contributed by atoms with Crippen LogP contribution >= 0.6 is 23.4 Å². The van der Waals surface area contributed by atoms with E-state index in [-0.39, 0.29) is 28.9 Å². The fourth-order valence-corrected chi connectivity index (χ4v) is 5.11. The molecule has 192 valence electrons. The largest absolute Gasteiger partial charge is 0.493 e. The first kappa shape index (κ1) is 26.4. The number of ether oxygens (including phenoxy) is 2. The normalized spacial score (nSPS) is 11.8. The SMILES string of the molecule is COc1cc([C@H](C[N+](=O)[O-])Sc2nnc(C)n2-c2ccc(C)cc2)cc(Cl)c1OCc1ccc(F)cc1. The quantitative estimate of drug-likeness (QED) is 0.130. The summed E-state index contributed by atoms with van der Waals surface area (Å²) in [5.74, 6) is 0.938. The van der Waals surface area contributed by atoms with E-state index in [0.717, 1.165) is 16.8 Å². The molecule has 11 heteroatoms.